The Morgan fingerprint density at radius 2 is 1.58 bits per heavy atom. The number of nitrogens with zero attached hydrogens (tertiary/aromatic N) is 1. The first kappa shape index (κ1) is 21.3. The molecule has 2 heterocycles. The summed E-state index contributed by atoms with van der Waals surface area (Å²) >= 11 is 0. The molecule has 0 bridgehead atoms. The molecule has 0 saturated carbocycles. The van der Waals surface area contributed by atoms with Gasteiger partial charge >= 0.3 is 0 Å². The third kappa shape index (κ3) is 3.88. The standard InChI is InChI=1S/C28H28N2O3/c1-28(2,3)27(32)30-16-8-9-18-17-19(14-15-22(18)30)29-26(31)25-20-10-4-6-12-23(20)33-24-13-7-5-11-21(24)25/h4-7,10-15,17,25H,8-9,16H2,1-3H3,(H,29,31). The van der Waals surface area contributed by atoms with Gasteiger partial charge in [-0.05, 0) is 48.7 Å². The number of carbonyl (C=O) groups excluding carboxylic acids is 2. The Morgan fingerprint density at radius 3 is 2.21 bits per heavy atom. The van der Waals surface area contributed by atoms with Gasteiger partial charge in [-0.15, -0.1) is 0 Å². The second-order valence-corrected chi connectivity index (χ2v) is 9.75. The van der Waals surface area contributed by atoms with Crippen LogP contribution in [0.1, 0.15) is 49.8 Å². The summed E-state index contributed by atoms with van der Waals surface area (Å²) in [4.78, 5) is 28.3. The van der Waals surface area contributed by atoms with Crippen LogP contribution >= 0.6 is 0 Å². The zero-order valence-corrected chi connectivity index (χ0v) is 19.2. The van der Waals surface area contributed by atoms with Gasteiger partial charge in [-0.3, -0.25) is 9.59 Å². The largest absolute Gasteiger partial charge is 0.457 e. The van der Waals surface area contributed by atoms with E-state index < -0.39 is 11.3 Å². The third-order valence-corrected chi connectivity index (χ3v) is 6.29. The Balaban J connectivity index is 1.45. The van der Waals surface area contributed by atoms with Crippen LogP contribution in [0.2, 0.25) is 0 Å². The Labute approximate surface area is 194 Å². The molecule has 2 aliphatic rings. The van der Waals surface area contributed by atoms with Crippen LogP contribution in [0, 0.1) is 5.41 Å². The smallest absolute Gasteiger partial charge is 0.236 e. The lowest BCUT2D eigenvalue weighted by molar-refractivity contribution is -0.125. The van der Waals surface area contributed by atoms with Crippen LogP contribution in [0.4, 0.5) is 11.4 Å². The summed E-state index contributed by atoms with van der Waals surface area (Å²) in [6.07, 6.45) is 1.79. The third-order valence-electron chi connectivity index (χ3n) is 6.29. The van der Waals surface area contributed by atoms with Crippen LogP contribution in [-0.2, 0) is 16.0 Å². The molecule has 5 heteroatoms. The predicted molar refractivity (Wildman–Crippen MR) is 130 cm³/mol. The van der Waals surface area contributed by atoms with Gasteiger partial charge in [0.25, 0.3) is 0 Å². The zero-order valence-electron chi connectivity index (χ0n) is 19.2. The van der Waals surface area contributed by atoms with E-state index in [1.807, 2.05) is 92.4 Å². The quantitative estimate of drug-likeness (QED) is 0.541. The second-order valence-electron chi connectivity index (χ2n) is 9.75. The van der Waals surface area contributed by atoms with Gasteiger partial charge in [0, 0.05) is 34.5 Å². The molecule has 2 aliphatic heterocycles. The number of benzene rings is 3. The van der Waals surface area contributed by atoms with Crippen LogP contribution < -0.4 is 15.0 Å². The number of anilines is 2. The highest BCUT2D eigenvalue weighted by molar-refractivity contribution is 6.01. The molecule has 0 aliphatic carbocycles. The molecule has 33 heavy (non-hydrogen) atoms. The lowest BCUT2D eigenvalue weighted by Gasteiger charge is -2.34. The number of carbonyl (C=O) groups is 2. The number of nitrogens with one attached hydrogen (secondary N) is 1. The van der Waals surface area contributed by atoms with Gasteiger partial charge in [0.05, 0.1) is 5.92 Å². The number of hydrogen-bond donors (Lipinski definition) is 1. The molecule has 3 aromatic rings. The van der Waals surface area contributed by atoms with Crippen LogP contribution in [0.5, 0.6) is 11.5 Å². The fraction of sp³-hybridized carbons (Fsp3) is 0.286. The summed E-state index contributed by atoms with van der Waals surface area (Å²) in [6.45, 7) is 6.57. The number of ether oxygens (including phenoxy) is 1. The number of amides is 2. The van der Waals surface area contributed by atoms with Crippen LogP contribution in [0.25, 0.3) is 0 Å². The Morgan fingerprint density at radius 1 is 0.939 bits per heavy atom. The lowest BCUT2D eigenvalue weighted by atomic mass is 9.87. The molecule has 168 valence electrons. The number of para-hydroxylation sites is 2. The summed E-state index contributed by atoms with van der Waals surface area (Å²) in [5.74, 6) is 0.977. The highest BCUT2D eigenvalue weighted by atomic mass is 16.5. The fourth-order valence-corrected chi connectivity index (χ4v) is 4.70. The maximum Gasteiger partial charge on any atom is 0.236 e. The molecule has 0 unspecified atom stereocenters. The summed E-state index contributed by atoms with van der Waals surface area (Å²) in [5, 5.41) is 3.12. The van der Waals surface area contributed by atoms with Gasteiger partial charge in [0.2, 0.25) is 11.8 Å². The molecule has 0 aromatic heterocycles. The van der Waals surface area contributed by atoms with Crippen molar-refractivity contribution in [3.63, 3.8) is 0 Å². The highest BCUT2D eigenvalue weighted by Gasteiger charge is 2.33. The maximum atomic E-state index is 13.5. The van der Waals surface area contributed by atoms with Gasteiger partial charge in [0.1, 0.15) is 11.5 Å². The van der Waals surface area contributed by atoms with Crippen molar-refractivity contribution < 1.29 is 14.3 Å². The molecule has 0 fully saturated rings. The first-order valence-corrected chi connectivity index (χ1v) is 11.4. The van der Waals surface area contributed by atoms with Crippen molar-refractivity contribution in [1.82, 2.24) is 0 Å². The minimum Gasteiger partial charge on any atom is -0.457 e. The van der Waals surface area contributed by atoms with E-state index >= 15 is 0 Å². The fourth-order valence-electron chi connectivity index (χ4n) is 4.70. The summed E-state index contributed by atoms with van der Waals surface area (Å²) in [7, 11) is 0. The summed E-state index contributed by atoms with van der Waals surface area (Å²) in [6, 6.07) is 21.2. The van der Waals surface area contributed by atoms with Gasteiger partial charge in [-0.2, -0.15) is 0 Å². The molecule has 5 nitrogen and oxygen atoms in total. The SMILES string of the molecule is CC(C)(C)C(=O)N1CCCc2cc(NC(=O)C3c4ccccc4Oc4ccccc43)ccc21. The zero-order chi connectivity index (χ0) is 23.2. The van der Waals surface area contributed by atoms with E-state index in [-0.39, 0.29) is 11.8 Å². The maximum absolute atomic E-state index is 13.5. The topological polar surface area (TPSA) is 58.6 Å². The second kappa shape index (κ2) is 8.07. The molecular weight excluding hydrogens is 412 g/mol. The van der Waals surface area contributed by atoms with Crippen molar-refractivity contribution in [2.24, 2.45) is 5.41 Å². The van der Waals surface area contributed by atoms with E-state index in [1.165, 1.54) is 0 Å². The highest BCUT2D eigenvalue weighted by Crippen LogP contribution is 2.44. The van der Waals surface area contributed by atoms with Gasteiger partial charge < -0.3 is 15.0 Å². The average Bonchev–Trinajstić information content (AvgIpc) is 2.80. The minimum atomic E-state index is -0.457. The van der Waals surface area contributed by atoms with E-state index in [4.69, 9.17) is 4.74 Å². The molecule has 0 spiro atoms. The summed E-state index contributed by atoms with van der Waals surface area (Å²) < 4.78 is 6.03. The molecule has 5 rings (SSSR count). The lowest BCUT2D eigenvalue weighted by Crippen LogP contribution is -2.42. The van der Waals surface area contributed by atoms with Crippen molar-refractivity contribution in [3.05, 3.63) is 83.4 Å². The first-order chi connectivity index (χ1) is 15.8. The van der Waals surface area contributed by atoms with E-state index in [1.54, 1.807) is 0 Å². The van der Waals surface area contributed by atoms with Crippen molar-refractivity contribution in [2.45, 2.75) is 39.5 Å². The van der Waals surface area contributed by atoms with Crippen LogP contribution in [0.3, 0.4) is 0 Å². The Hall–Kier alpha value is -3.60. The van der Waals surface area contributed by atoms with E-state index in [0.717, 1.165) is 47.5 Å². The van der Waals surface area contributed by atoms with E-state index in [2.05, 4.69) is 5.32 Å². The van der Waals surface area contributed by atoms with Gasteiger partial charge in [-0.1, -0.05) is 57.2 Å². The van der Waals surface area contributed by atoms with Gasteiger partial charge in [-0.25, -0.2) is 0 Å². The van der Waals surface area contributed by atoms with Crippen LogP contribution in [0.15, 0.2) is 66.7 Å². The molecule has 3 aromatic carbocycles. The molecule has 0 saturated heterocycles. The number of aryl methyl sites for hydroxylation is 1. The van der Waals surface area contributed by atoms with Crippen molar-refractivity contribution in [1.29, 1.82) is 0 Å². The minimum absolute atomic E-state index is 0.100. The first-order valence-electron chi connectivity index (χ1n) is 11.4. The van der Waals surface area contributed by atoms with Crippen molar-refractivity contribution >= 4 is 23.2 Å². The predicted octanol–water partition coefficient (Wildman–Crippen LogP) is 5.89. The van der Waals surface area contributed by atoms with E-state index in [0.29, 0.717) is 11.5 Å². The number of fused-ring (bicyclic) bond motifs is 3. The molecule has 2 amide bonds. The Kier molecular flexibility index (Phi) is 5.20. The molecule has 0 radical (unpaired) electrons. The van der Waals surface area contributed by atoms with E-state index in [9.17, 15) is 9.59 Å². The average molecular weight is 441 g/mol. The monoisotopic (exact) mass is 440 g/mol. The molecule has 1 N–H and O–H groups in total. The van der Waals surface area contributed by atoms with Crippen molar-refractivity contribution in [3.8, 4) is 11.5 Å². The molecule has 0 atom stereocenters. The number of hydrogen-bond acceptors (Lipinski definition) is 3. The van der Waals surface area contributed by atoms with Gasteiger partial charge in [0.15, 0.2) is 0 Å². The molecular formula is C28H28N2O3. The Bertz CT molecular complexity index is 1200. The van der Waals surface area contributed by atoms with Crippen LogP contribution in [-0.4, -0.2) is 18.4 Å². The normalized spacial score (nSPS) is 15.1. The summed E-state index contributed by atoms with van der Waals surface area (Å²) in [5.41, 5.74) is 4.04. The van der Waals surface area contributed by atoms with Crippen molar-refractivity contribution in [2.75, 3.05) is 16.8 Å². The number of rotatable bonds is 2.